The number of rotatable bonds is 5. The molecular weight excluding hydrogens is 248 g/mol. The largest absolute Gasteiger partial charge is 0.481 e. The normalized spacial score (nSPS) is 21.9. The highest BCUT2D eigenvalue weighted by Crippen LogP contribution is 2.14. The van der Waals surface area contributed by atoms with Gasteiger partial charge in [-0.05, 0) is 0 Å². The highest BCUT2D eigenvalue weighted by atomic mass is 32.2. The number of amides is 1. The van der Waals surface area contributed by atoms with Crippen molar-refractivity contribution in [2.45, 2.75) is 12.5 Å². The molecule has 0 spiro atoms. The summed E-state index contributed by atoms with van der Waals surface area (Å²) in [5.41, 5.74) is 0. The van der Waals surface area contributed by atoms with Gasteiger partial charge in [-0.15, -0.1) is 6.58 Å². The van der Waals surface area contributed by atoms with E-state index < -0.39 is 34.4 Å². The van der Waals surface area contributed by atoms with Crippen LogP contribution in [0.2, 0.25) is 0 Å². The van der Waals surface area contributed by atoms with E-state index in [1.807, 2.05) is 0 Å². The van der Waals surface area contributed by atoms with Gasteiger partial charge in [-0.1, -0.05) is 6.08 Å². The number of hydrogen-bond acceptors (Lipinski definition) is 4. The van der Waals surface area contributed by atoms with E-state index in [4.69, 9.17) is 5.11 Å². The molecule has 1 unspecified atom stereocenters. The number of piperazine rings is 1. The van der Waals surface area contributed by atoms with E-state index in [-0.39, 0.29) is 18.8 Å². The molecule has 1 amide bonds. The van der Waals surface area contributed by atoms with Crippen molar-refractivity contribution in [2.75, 3.05) is 18.8 Å². The van der Waals surface area contributed by atoms with Crippen LogP contribution in [0.5, 0.6) is 0 Å². The summed E-state index contributed by atoms with van der Waals surface area (Å²) in [6.07, 6.45) is 0.669. The molecule has 0 radical (unpaired) electrons. The monoisotopic (exact) mass is 262 g/mol. The first-order chi connectivity index (χ1) is 7.88. The Morgan fingerprint density at radius 2 is 2.29 bits per heavy atom. The maximum Gasteiger partial charge on any atom is 0.305 e. The summed E-state index contributed by atoms with van der Waals surface area (Å²) in [6.45, 7) is 3.59. The van der Waals surface area contributed by atoms with Gasteiger partial charge in [0.15, 0.2) is 0 Å². The highest BCUT2D eigenvalue weighted by Gasteiger charge is 2.38. The van der Waals surface area contributed by atoms with Crippen LogP contribution in [-0.4, -0.2) is 54.6 Å². The average Bonchev–Trinajstić information content (AvgIpc) is 2.20. The van der Waals surface area contributed by atoms with Crippen LogP contribution in [0.15, 0.2) is 12.7 Å². The Labute approximate surface area is 99.2 Å². The molecule has 0 bridgehead atoms. The Bertz CT molecular complexity index is 431. The van der Waals surface area contributed by atoms with Crippen molar-refractivity contribution < 1.29 is 23.1 Å². The van der Waals surface area contributed by atoms with Crippen LogP contribution in [0.3, 0.4) is 0 Å². The molecular formula is C9H14N2O5S. The lowest BCUT2D eigenvalue weighted by Gasteiger charge is -2.32. The molecule has 1 saturated heterocycles. The zero-order chi connectivity index (χ0) is 13.1. The second kappa shape index (κ2) is 5.28. The van der Waals surface area contributed by atoms with Crippen LogP contribution in [-0.2, 0) is 19.6 Å². The summed E-state index contributed by atoms with van der Waals surface area (Å²) in [4.78, 5) is 22.1. The number of carbonyl (C=O) groups excluding carboxylic acids is 1. The maximum atomic E-state index is 11.8. The Kier molecular flexibility index (Phi) is 4.24. The Morgan fingerprint density at radius 3 is 2.82 bits per heavy atom. The van der Waals surface area contributed by atoms with Gasteiger partial charge >= 0.3 is 5.97 Å². The van der Waals surface area contributed by atoms with Crippen molar-refractivity contribution in [1.29, 1.82) is 0 Å². The summed E-state index contributed by atoms with van der Waals surface area (Å²) in [5, 5.41) is 11.1. The lowest BCUT2D eigenvalue weighted by Crippen LogP contribution is -2.58. The first kappa shape index (κ1) is 13.7. The van der Waals surface area contributed by atoms with Crippen LogP contribution < -0.4 is 5.32 Å². The molecule has 2 N–H and O–H groups in total. The molecule has 0 saturated carbocycles. The van der Waals surface area contributed by atoms with E-state index in [0.29, 0.717) is 0 Å². The van der Waals surface area contributed by atoms with Crippen molar-refractivity contribution >= 4 is 21.9 Å². The van der Waals surface area contributed by atoms with Crippen LogP contribution >= 0.6 is 0 Å². The SMILES string of the molecule is C=CCS(=O)(=O)N1CCNC(=O)C1CC(=O)O. The molecule has 1 aliphatic rings. The fourth-order valence-corrected chi connectivity index (χ4v) is 3.05. The van der Waals surface area contributed by atoms with Gasteiger partial charge in [0.05, 0.1) is 12.2 Å². The highest BCUT2D eigenvalue weighted by molar-refractivity contribution is 7.89. The number of carbonyl (C=O) groups is 2. The molecule has 96 valence electrons. The number of nitrogens with one attached hydrogen (secondary N) is 1. The third-order valence-corrected chi connectivity index (χ3v) is 4.14. The molecule has 1 heterocycles. The fourth-order valence-electron chi connectivity index (χ4n) is 1.63. The minimum absolute atomic E-state index is 0.0832. The van der Waals surface area contributed by atoms with E-state index in [9.17, 15) is 18.0 Å². The van der Waals surface area contributed by atoms with Gasteiger partial charge in [0, 0.05) is 13.1 Å². The van der Waals surface area contributed by atoms with Crippen LogP contribution in [0, 0.1) is 0 Å². The molecule has 1 rings (SSSR count). The number of sulfonamides is 1. The van der Waals surface area contributed by atoms with Gasteiger partial charge < -0.3 is 10.4 Å². The van der Waals surface area contributed by atoms with Gasteiger partial charge in [-0.3, -0.25) is 9.59 Å². The van der Waals surface area contributed by atoms with Crippen molar-refractivity contribution in [1.82, 2.24) is 9.62 Å². The molecule has 7 nitrogen and oxygen atoms in total. The third kappa shape index (κ3) is 3.27. The zero-order valence-corrected chi connectivity index (χ0v) is 9.94. The number of nitrogens with zero attached hydrogens (tertiary/aromatic N) is 1. The Morgan fingerprint density at radius 1 is 1.65 bits per heavy atom. The lowest BCUT2D eigenvalue weighted by molar-refractivity contribution is -0.141. The molecule has 0 aliphatic carbocycles. The van der Waals surface area contributed by atoms with Gasteiger partial charge in [0.25, 0.3) is 0 Å². The molecule has 0 aromatic heterocycles. The number of hydrogen-bond donors (Lipinski definition) is 2. The molecule has 1 atom stereocenters. The summed E-state index contributed by atoms with van der Waals surface area (Å²) >= 11 is 0. The third-order valence-electron chi connectivity index (χ3n) is 2.34. The van der Waals surface area contributed by atoms with Gasteiger partial charge in [-0.25, -0.2) is 8.42 Å². The Balaban J connectivity index is 2.97. The van der Waals surface area contributed by atoms with Gasteiger partial charge in [-0.2, -0.15) is 4.31 Å². The van der Waals surface area contributed by atoms with Gasteiger partial charge in [0.1, 0.15) is 6.04 Å². The number of carboxylic acid groups (broad SMARTS) is 1. The molecule has 8 heteroatoms. The van der Waals surface area contributed by atoms with E-state index in [2.05, 4.69) is 11.9 Å². The van der Waals surface area contributed by atoms with Crippen molar-refractivity contribution in [2.24, 2.45) is 0 Å². The second-order valence-electron chi connectivity index (χ2n) is 3.58. The zero-order valence-electron chi connectivity index (χ0n) is 9.13. The lowest BCUT2D eigenvalue weighted by atomic mass is 10.1. The van der Waals surface area contributed by atoms with E-state index in [0.717, 1.165) is 4.31 Å². The molecule has 1 aliphatic heterocycles. The first-order valence-corrected chi connectivity index (χ1v) is 6.59. The van der Waals surface area contributed by atoms with Crippen LogP contribution in [0.1, 0.15) is 6.42 Å². The van der Waals surface area contributed by atoms with Crippen LogP contribution in [0.25, 0.3) is 0 Å². The summed E-state index contributed by atoms with van der Waals surface area (Å²) < 4.78 is 24.5. The van der Waals surface area contributed by atoms with Crippen molar-refractivity contribution in [3.05, 3.63) is 12.7 Å². The van der Waals surface area contributed by atoms with E-state index in [1.165, 1.54) is 6.08 Å². The molecule has 17 heavy (non-hydrogen) atoms. The van der Waals surface area contributed by atoms with E-state index in [1.54, 1.807) is 0 Å². The molecule has 0 aromatic carbocycles. The summed E-state index contributed by atoms with van der Waals surface area (Å²) in [6, 6.07) is -1.17. The predicted molar refractivity (Wildman–Crippen MR) is 59.7 cm³/mol. The number of aliphatic carboxylic acids is 1. The summed E-state index contributed by atoms with van der Waals surface area (Å²) in [7, 11) is -3.67. The minimum Gasteiger partial charge on any atom is -0.481 e. The molecule has 1 fully saturated rings. The average molecular weight is 262 g/mol. The topological polar surface area (TPSA) is 104 Å². The maximum absolute atomic E-state index is 11.8. The van der Waals surface area contributed by atoms with Gasteiger partial charge in [0.2, 0.25) is 15.9 Å². The Hall–Kier alpha value is -1.41. The summed E-state index contributed by atoms with van der Waals surface area (Å²) in [5.74, 6) is -2.10. The molecule has 0 aromatic rings. The quantitative estimate of drug-likeness (QED) is 0.604. The number of carboxylic acids is 1. The fraction of sp³-hybridized carbons (Fsp3) is 0.556. The first-order valence-electron chi connectivity index (χ1n) is 4.98. The second-order valence-corrected chi connectivity index (χ2v) is 5.55. The minimum atomic E-state index is -3.67. The van der Waals surface area contributed by atoms with Crippen LogP contribution in [0.4, 0.5) is 0 Å². The van der Waals surface area contributed by atoms with Crippen molar-refractivity contribution in [3.8, 4) is 0 Å². The standard InChI is InChI=1S/C9H14N2O5S/c1-2-5-17(15,16)11-4-3-10-9(14)7(11)6-8(12)13/h2,7H,1,3-6H2,(H,10,14)(H,12,13). The smallest absolute Gasteiger partial charge is 0.305 e. The van der Waals surface area contributed by atoms with E-state index >= 15 is 0 Å². The van der Waals surface area contributed by atoms with Crippen molar-refractivity contribution in [3.63, 3.8) is 0 Å². The predicted octanol–water partition coefficient (Wildman–Crippen LogP) is -1.22.